The lowest BCUT2D eigenvalue weighted by molar-refractivity contribution is -0.322. The molecule has 0 radical (unpaired) electrons. The van der Waals surface area contributed by atoms with Gasteiger partial charge in [0.15, 0.2) is 11.6 Å². The van der Waals surface area contributed by atoms with Crippen LogP contribution in [0.4, 0.5) is 8.78 Å². The molecule has 3 aromatic rings. The van der Waals surface area contributed by atoms with Gasteiger partial charge in [0.2, 0.25) is 0 Å². The van der Waals surface area contributed by atoms with Crippen molar-refractivity contribution >= 4 is 28.5 Å². The van der Waals surface area contributed by atoms with Crippen LogP contribution in [0.25, 0.3) is 10.9 Å². The molecule has 7 nitrogen and oxygen atoms in total. The molecular weight excluding hydrogens is 506 g/mol. The maximum absolute atomic E-state index is 13.7. The zero-order valence-electron chi connectivity index (χ0n) is 20.4. The predicted octanol–water partition coefficient (Wildman–Crippen LogP) is 3.90. The lowest BCUT2D eigenvalue weighted by Gasteiger charge is -2.43. The summed E-state index contributed by atoms with van der Waals surface area (Å²) in [5.41, 5.74) is 0.0285. The molecule has 0 aliphatic carbocycles. The highest BCUT2D eigenvalue weighted by Gasteiger charge is 2.36. The average molecular weight is 534 g/mol. The van der Waals surface area contributed by atoms with Gasteiger partial charge in [-0.25, -0.2) is 8.78 Å². The molecule has 0 spiro atoms. The number of hydrogen-bond acceptors (Lipinski definition) is 7. The molecule has 10 heteroatoms. The number of carbonyl (C=O) groups excluding carboxylic acids is 1. The number of ether oxygens (including phenoxy) is 2. The number of aliphatic hydroxyl groups excluding tert-OH is 1. The van der Waals surface area contributed by atoms with Crippen LogP contribution in [0.2, 0.25) is 5.02 Å². The van der Waals surface area contributed by atoms with Crippen LogP contribution in [-0.4, -0.2) is 54.3 Å². The molecule has 198 valence electrons. The van der Waals surface area contributed by atoms with Crippen LogP contribution in [0.5, 0.6) is 11.5 Å². The Bertz CT molecular complexity index is 1270. The normalized spacial score (nSPS) is 16.5. The van der Waals surface area contributed by atoms with E-state index in [1.807, 2.05) is 4.90 Å². The minimum Gasteiger partial charge on any atom is -0.550 e. The number of methoxy groups -OCH3 is 1. The first-order chi connectivity index (χ1) is 17.7. The zero-order chi connectivity index (χ0) is 26.6. The van der Waals surface area contributed by atoms with Crippen LogP contribution in [0.1, 0.15) is 37.4 Å². The van der Waals surface area contributed by atoms with E-state index in [-0.39, 0.29) is 25.2 Å². The first-order valence-corrected chi connectivity index (χ1v) is 12.4. The number of halogens is 3. The van der Waals surface area contributed by atoms with Crippen LogP contribution in [0.15, 0.2) is 42.6 Å². The number of rotatable bonds is 10. The van der Waals surface area contributed by atoms with Gasteiger partial charge in [-0.15, -0.1) is 0 Å². The summed E-state index contributed by atoms with van der Waals surface area (Å²) in [4.78, 5) is 18.5. The van der Waals surface area contributed by atoms with Crippen LogP contribution >= 0.6 is 11.6 Å². The van der Waals surface area contributed by atoms with Crippen molar-refractivity contribution in [3.8, 4) is 11.5 Å². The van der Waals surface area contributed by atoms with Crippen LogP contribution < -0.4 is 14.6 Å². The van der Waals surface area contributed by atoms with E-state index in [0.717, 1.165) is 18.2 Å². The van der Waals surface area contributed by atoms with Gasteiger partial charge in [0.05, 0.1) is 23.8 Å². The molecule has 37 heavy (non-hydrogen) atoms. The Morgan fingerprint density at radius 3 is 2.70 bits per heavy atom. The maximum Gasteiger partial charge on any atom is 0.165 e. The van der Waals surface area contributed by atoms with Crippen molar-refractivity contribution in [2.45, 2.75) is 31.8 Å². The summed E-state index contributed by atoms with van der Waals surface area (Å²) < 4.78 is 37.7. The highest BCUT2D eigenvalue weighted by molar-refractivity contribution is 6.32. The van der Waals surface area contributed by atoms with E-state index in [9.17, 15) is 23.8 Å². The van der Waals surface area contributed by atoms with Crippen LogP contribution in [0, 0.1) is 17.0 Å². The average Bonchev–Trinajstić information content (AvgIpc) is 2.89. The Morgan fingerprint density at radius 1 is 1.24 bits per heavy atom. The van der Waals surface area contributed by atoms with Gasteiger partial charge in [0.1, 0.15) is 18.2 Å². The third kappa shape index (κ3) is 6.11. The van der Waals surface area contributed by atoms with Crippen molar-refractivity contribution in [1.82, 2.24) is 9.88 Å². The number of carbonyl (C=O) groups is 1. The second-order valence-corrected chi connectivity index (χ2v) is 9.70. The van der Waals surface area contributed by atoms with Gasteiger partial charge in [0, 0.05) is 41.1 Å². The van der Waals surface area contributed by atoms with Crippen molar-refractivity contribution in [3.63, 3.8) is 0 Å². The van der Waals surface area contributed by atoms with E-state index < -0.39 is 29.1 Å². The summed E-state index contributed by atoms with van der Waals surface area (Å²) in [6, 6.07) is 8.30. The summed E-state index contributed by atoms with van der Waals surface area (Å²) in [5, 5.41) is 24.2. The van der Waals surface area contributed by atoms with E-state index in [4.69, 9.17) is 21.1 Å². The number of fused-ring (bicyclic) bond motifs is 1. The summed E-state index contributed by atoms with van der Waals surface area (Å²) in [6.45, 7) is 1.50. The number of aliphatic hydroxyl groups is 1. The number of aromatic nitrogens is 1. The number of pyridine rings is 1. The number of nitrogens with zero attached hydrogens (tertiary/aromatic N) is 2. The van der Waals surface area contributed by atoms with Crippen molar-refractivity contribution in [1.29, 1.82) is 0 Å². The SMILES string of the molecule is COc1ccc2ncc(Cl)c(C(O)CCC3(C(=O)[O-])CCN(CCOc4cc(F)ccc4F)CC3)c2c1. The lowest BCUT2D eigenvalue weighted by atomic mass is 9.74. The standard InChI is InChI=1S/C27H29ClF2N2O5/c1-36-18-3-5-22-19(15-18)25(20(28)16-31-22)23(33)6-7-27(26(34)35)8-10-32(11-9-27)12-13-37-24-14-17(29)2-4-21(24)30/h2-5,14-16,23,33H,6-13H2,1H3,(H,34,35)/p-1. The molecule has 1 aliphatic rings. The van der Waals surface area contributed by atoms with Gasteiger partial charge in [-0.3, -0.25) is 9.88 Å². The van der Waals surface area contributed by atoms with Crippen molar-refractivity contribution in [2.24, 2.45) is 5.41 Å². The number of benzene rings is 2. The Labute approximate surface area is 218 Å². The summed E-state index contributed by atoms with van der Waals surface area (Å²) in [7, 11) is 1.54. The summed E-state index contributed by atoms with van der Waals surface area (Å²) >= 11 is 6.39. The van der Waals surface area contributed by atoms with Crippen LogP contribution in [0.3, 0.4) is 0 Å². The molecule has 0 bridgehead atoms. The van der Waals surface area contributed by atoms with Gasteiger partial charge in [-0.1, -0.05) is 11.6 Å². The second kappa shape index (κ2) is 11.6. The molecular formula is C27H28ClF2N2O5-. The van der Waals surface area contributed by atoms with Crippen molar-refractivity contribution in [3.05, 3.63) is 64.8 Å². The highest BCUT2D eigenvalue weighted by atomic mass is 35.5. The third-order valence-electron chi connectivity index (χ3n) is 7.10. The molecule has 4 rings (SSSR count). The number of piperidine rings is 1. The van der Waals surface area contributed by atoms with Gasteiger partial charge >= 0.3 is 0 Å². The molecule has 1 saturated heterocycles. The van der Waals surface area contributed by atoms with E-state index in [0.29, 0.717) is 59.7 Å². The molecule has 1 atom stereocenters. The van der Waals surface area contributed by atoms with E-state index in [1.165, 1.54) is 13.3 Å². The molecule has 1 N–H and O–H groups in total. The number of likely N-dealkylation sites (tertiary alicyclic amines) is 1. The fourth-order valence-corrected chi connectivity index (χ4v) is 5.10. The number of carboxylic acid groups (broad SMARTS) is 1. The number of carboxylic acids is 1. The van der Waals surface area contributed by atoms with E-state index >= 15 is 0 Å². The first-order valence-electron chi connectivity index (χ1n) is 12.0. The molecule has 1 fully saturated rings. The van der Waals surface area contributed by atoms with Crippen molar-refractivity contribution < 1.29 is 33.3 Å². The van der Waals surface area contributed by atoms with Crippen LogP contribution in [-0.2, 0) is 4.79 Å². The number of aliphatic carboxylic acids is 1. The zero-order valence-corrected chi connectivity index (χ0v) is 21.1. The molecule has 2 aromatic carbocycles. The van der Waals surface area contributed by atoms with Crippen molar-refractivity contribution in [2.75, 3.05) is 33.4 Å². The molecule has 0 saturated carbocycles. The van der Waals surface area contributed by atoms with Gasteiger partial charge in [-0.2, -0.15) is 0 Å². The maximum atomic E-state index is 13.7. The van der Waals surface area contributed by atoms with Gasteiger partial charge in [-0.05, 0) is 69.1 Å². The second-order valence-electron chi connectivity index (χ2n) is 9.29. The Morgan fingerprint density at radius 2 is 2.00 bits per heavy atom. The smallest absolute Gasteiger partial charge is 0.165 e. The Balaban J connectivity index is 1.37. The molecule has 1 unspecified atom stereocenters. The fourth-order valence-electron chi connectivity index (χ4n) is 4.82. The molecule has 2 heterocycles. The molecule has 1 aliphatic heterocycles. The predicted molar refractivity (Wildman–Crippen MR) is 132 cm³/mol. The Hall–Kier alpha value is -3.01. The summed E-state index contributed by atoms with van der Waals surface area (Å²) in [5.74, 6) is -1.95. The van der Waals surface area contributed by atoms with Gasteiger partial charge < -0.3 is 24.5 Å². The highest BCUT2D eigenvalue weighted by Crippen LogP contribution is 2.40. The lowest BCUT2D eigenvalue weighted by Crippen LogP contribution is -2.50. The minimum atomic E-state index is -1.15. The fraction of sp³-hybridized carbons (Fsp3) is 0.407. The van der Waals surface area contributed by atoms with E-state index in [1.54, 1.807) is 18.2 Å². The Kier molecular flexibility index (Phi) is 8.46. The first kappa shape index (κ1) is 27.0. The quantitative estimate of drug-likeness (QED) is 0.422. The minimum absolute atomic E-state index is 0.133. The third-order valence-corrected chi connectivity index (χ3v) is 7.40. The van der Waals surface area contributed by atoms with Gasteiger partial charge in [0.25, 0.3) is 0 Å². The largest absolute Gasteiger partial charge is 0.550 e. The van der Waals surface area contributed by atoms with E-state index in [2.05, 4.69) is 4.98 Å². The molecule has 0 amide bonds. The topological polar surface area (TPSA) is 95.0 Å². The number of hydrogen-bond donors (Lipinski definition) is 1. The summed E-state index contributed by atoms with van der Waals surface area (Å²) in [6.07, 6.45) is 1.50. The molecule has 1 aromatic heterocycles. The monoisotopic (exact) mass is 533 g/mol.